The van der Waals surface area contributed by atoms with Crippen molar-refractivity contribution in [3.8, 4) is 0 Å². The maximum absolute atomic E-state index is 12.0. The van der Waals surface area contributed by atoms with Gasteiger partial charge in [0.15, 0.2) is 0 Å². The molecular weight excluding hydrogens is 375 g/mol. The standard InChI is InChI=1S/C12H9IN4O3/c13-11-2-1-9(17(19)20)5-10(11)12(18)15-6-8-3-4-14-7-16-8/h1-5,7H,6H2,(H,15,18). The molecule has 0 radical (unpaired) electrons. The van der Waals surface area contributed by atoms with Gasteiger partial charge in [0.2, 0.25) is 0 Å². The van der Waals surface area contributed by atoms with Crippen LogP contribution in [0.3, 0.4) is 0 Å². The van der Waals surface area contributed by atoms with Crippen LogP contribution in [-0.4, -0.2) is 20.8 Å². The van der Waals surface area contributed by atoms with Gasteiger partial charge in [0.25, 0.3) is 11.6 Å². The molecule has 1 aromatic heterocycles. The molecule has 1 amide bonds. The SMILES string of the molecule is O=C(NCc1ccncn1)c1cc([N+](=O)[O-])ccc1I. The molecule has 0 saturated heterocycles. The number of amides is 1. The smallest absolute Gasteiger partial charge is 0.270 e. The first-order valence-electron chi connectivity index (χ1n) is 5.55. The third kappa shape index (κ3) is 3.47. The van der Waals surface area contributed by atoms with E-state index < -0.39 is 4.92 Å². The maximum atomic E-state index is 12.0. The summed E-state index contributed by atoms with van der Waals surface area (Å²) in [5.74, 6) is -0.378. The highest BCUT2D eigenvalue weighted by atomic mass is 127. The Morgan fingerprint density at radius 1 is 1.40 bits per heavy atom. The first kappa shape index (κ1) is 14.3. The number of rotatable bonds is 4. The molecule has 20 heavy (non-hydrogen) atoms. The minimum Gasteiger partial charge on any atom is -0.346 e. The average molecular weight is 384 g/mol. The van der Waals surface area contributed by atoms with Crippen molar-refractivity contribution < 1.29 is 9.72 Å². The van der Waals surface area contributed by atoms with E-state index >= 15 is 0 Å². The molecule has 7 nitrogen and oxygen atoms in total. The van der Waals surface area contributed by atoms with Crippen LogP contribution in [-0.2, 0) is 6.54 Å². The first-order chi connectivity index (χ1) is 9.58. The molecule has 1 N–H and O–H groups in total. The van der Waals surface area contributed by atoms with Crippen molar-refractivity contribution in [3.63, 3.8) is 0 Å². The van der Waals surface area contributed by atoms with Crippen LogP contribution in [0.5, 0.6) is 0 Å². The summed E-state index contributed by atoms with van der Waals surface area (Å²) in [5, 5.41) is 13.4. The van der Waals surface area contributed by atoms with Gasteiger partial charge in [-0.05, 0) is 34.7 Å². The Balaban J connectivity index is 2.13. The second-order valence-electron chi connectivity index (χ2n) is 3.80. The van der Waals surface area contributed by atoms with Crippen molar-refractivity contribution in [2.45, 2.75) is 6.54 Å². The van der Waals surface area contributed by atoms with E-state index in [4.69, 9.17) is 0 Å². The van der Waals surface area contributed by atoms with Gasteiger partial charge in [-0.25, -0.2) is 9.97 Å². The summed E-state index contributed by atoms with van der Waals surface area (Å²) in [6, 6.07) is 5.84. The first-order valence-corrected chi connectivity index (χ1v) is 6.63. The number of hydrogen-bond donors (Lipinski definition) is 1. The summed E-state index contributed by atoms with van der Waals surface area (Å²) < 4.78 is 0.647. The lowest BCUT2D eigenvalue weighted by molar-refractivity contribution is -0.384. The summed E-state index contributed by atoms with van der Waals surface area (Å²) in [7, 11) is 0. The molecular formula is C12H9IN4O3. The molecule has 1 heterocycles. The molecule has 1 aromatic carbocycles. The lowest BCUT2D eigenvalue weighted by Crippen LogP contribution is -2.24. The van der Waals surface area contributed by atoms with Crippen LogP contribution in [0.1, 0.15) is 16.1 Å². The molecule has 0 saturated carbocycles. The summed E-state index contributed by atoms with van der Waals surface area (Å²) in [4.78, 5) is 30.0. The largest absolute Gasteiger partial charge is 0.346 e. The molecule has 2 aromatic rings. The van der Waals surface area contributed by atoms with E-state index in [9.17, 15) is 14.9 Å². The second-order valence-corrected chi connectivity index (χ2v) is 4.97. The van der Waals surface area contributed by atoms with Crippen molar-refractivity contribution in [1.82, 2.24) is 15.3 Å². The number of halogens is 1. The number of nitrogens with zero attached hydrogens (tertiary/aromatic N) is 3. The fourth-order valence-corrected chi connectivity index (χ4v) is 2.07. The Morgan fingerprint density at radius 3 is 2.85 bits per heavy atom. The van der Waals surface area contributed by atoms with Crippen molar-refractivity contribution in [2.24, 2.45) is 0 Å². The van der Waals surface area contributed by atoms with Crippen LogP contribution in [0, 0.1) is 13.7 Å². The van der Waals surface area contributed by atoms with E-state index in [1.807, 2.05) is 22.6 Å². The normalized spacial score (nSPS) is 10.1. The zero-order valence-electron chi connectivity index (χ0n) is 10.1. The van der Waals surface area contributed by atoms with Crippen LogP contribution in [0.4, 0.5) is 5.69 Å². The van der Waals surface area contributed by atoms with E-state index in [0.717, 1.165) is 0 Å². The predicted octanol–water partition coefficient (Wildman–Crippen LogP) is 1.92. The number of hydrogen-bond acceptors (Lipinski definition) is 5. The Kier molecular flexibility index (Phi) is 4.56. The number of carbonyl (C=O) groups is 1. The zero-order chi connectivity index (χ0) is 14.5. The number of aromatic nitrogens is 2. The summed E-state index contributed by atoms with van der Waals surface area (Å²) in [6.45, 7) is 0.236. The van der Waals surface area contributed by atoms with E-state index in [-0.39, 0.29) is 23.7 Å². The highest BCUT2D eigenvalue weighted by molar-refractivity contribution is 14.1. The summed E-state index contributed by atoms with van der Waals surface area (Å²) in [5.41, 5.74) is 0.820. The van der Waals surface area contributed by atoms with Gasteiger partial charge in [-0.3, -0.25) is 14.9 Å². The number of nitro groups is 1. The molecule has 0 aliphatic heterocycles. The molecule has 0 aliphatic rings. The third-order valence-electron chi connectivity index (χ3n) is 2.48. The van der Waals surface area contributed by atoms with Crippen LogP contribution in [0.2, 0.25) is 0 Å². The molecule has 0 aliphatic carbocycles. The van der Waals surface area contributed by atoms with E-state index in [2.05, 4.69) is 15.3 Å². The van der Waals surface area contributed by atoms with Gasteiger partial charge in [-0.2, -0.15) is 0 Å². The molecule has 102 valence electrons. The van der Waals surface area contributed by atoms with Crippen LogP contribution in [0.25, 0.3) is 0 Å². The van der Waals surface area contributed by atoms with Crippen LogP contribution >= 0.6 is 22.6 Å². The Labute approximate surface area is 127 Å². The maximum Gasteiger partial charge on any atom is 0.270 e. The van der Waals surface area contributed by atoms with Gasteiger partial charge < -0.3 is 5.32 Å². The van der Waals surface area contributed by atoms with E-state index in [1.165, 1.54) is 24.5 Å². The quantitative estimate of drug-likeness (QED) is 0.494. The Morgan fingerprint density at radius 2 is 2.20 bits per heavy atom. The van der Waals surface area contributed by atoms with Gasteiger partial charge in [0.05, 0.1) is 22.7 Å². The van der Waals surface area contributed by atoms with Crippen LogP contribution in [0.15, 0.2) is 36.8 Å². The molecule has 0 spiro atoms. The fourth-order valence-electron chi connectivity index (χ4n) is 1.49. The second kappa shape index (κ2) is 6.37. The highest BCUT2D eigenvalue weighted by Gasteiger charge is 2.15. The van der Waals surface area contributed by atoms with Crippen molar-refractivity contribution in [1.29, 1.82) is 0 Å². The average Bonchev–Trinajstić information content (AvgIpc) is 2.46. The molecule has 8 heteroatoms. The van der Waals surface area contributed by atoms with Crippen LogP contribution < -0.4 is 5.32 Å². The molecule has 0 bridgehead atoms. The summed E-state index contributed by atoms with van der Waals surface area (Å²) in [6.07, 6.45) is 2.96. The minimum atomic E-state index is -0.530. The molecule has 2 rings (SSSR count). The van der Waals surface area contributed by atoms with Gasteiger partial charge >= 0.3 is 0 Å². The number of carbonyl (C=O) groups excluding carboxylic acids is 1. The topological polar surface area (TPSA) is 98.0 Å². The minimum absolute atomic E-state index is 0.113. The van der Waals surface area contributed by atoms with Crippen molar-refractivity contribution in [3.05, 3.63) is 61.7 Å². The number of non-ortho nitro benzene ring substituents is 1. The monoisotopic (exact) mass is 384 g/mol. The number of nitro benzene ring substituents is 1. The fraction of sp³-hybridized carbons (Fsp3) is 0.0833. The number of nitrogens with one attached hydrogen (secondary N) is 1. The summed E-state index contributed by atoms with van der Waals surface area (Å²) >= 11 is 1.96. The third-order valence-corrected chi connectivity index (χ3v) is 3.42. The zero-order valence-corrected chi connectivity index (χ0v) is 12.3. The van der Waals surface area contributed by atoms with Gasteiger partial charge in [0.1, 0.15) is 6.33 Å². The van der Waals surface area contributed by atoms with Gasteiger partial charge in [-0.1, -0.05) is 0 Å². The lowest BCUT2D eigenvalue weighted by Gasteiger charge is -2.06. The van der Waals surface area contributed by atoms with E-state index in [1.54, 1.807) is 12.3 Å². The molecule has 0 atom stereocenters. The Hall–Kier alpha value is -2.10. The van der Waals surface area contributed by atoms with Gasteiger partial charge in [-0.15, -0.1) is 0 Å². The number of benzene rings is 1. The van der Waals surface area contributed by atoms with E-state index in [0.29, 0.717) is 9.26 Å². The molecule has 0 unspecified atom stereocenters. The van der Waals surface area contributed by atoms with Crippen molar-refractivity contribution >= 4 is 34.2 Å². The lowest BCUT2D eigenvalue weighted by atomic mass is 10.2. The highest BCUT2D eigenvalue weighted by Crippen LogP contribution is 2.19. The predicted molar refractivity (Wildman–Crippen MR) is 79.0 cm³/mol. The van der Waals surface area contributed by atoms with Crippen molar-refractivity contribution in [2.75, 3.05) is 0 Å². The van der Waals surface area contributed by atoms with Gasteiger partial charge in [0, 0.05) is 21.9 Å². The Bertz CT molecular complexity index is 648. The molecule has 0 fully saturated rings.